The third-order valence-electron chi connectivity index (χ3n) is 3.48. The molecule has 0 aromatic heterocycles. The number of hydrogen-bond donors (Lipinski definition) is 1. The molecule has 110 valence electrons. The van der Waals surface area contributed by atoms with Crippen LogP contribution >= 0.6 is 0 Å². The SMILES string of the molecule is CCOc1ccccc1OCC(=O)N(C)C1CCNC1. The van der Waals surface area contributed by atoms with Crippen molar-refractivity contribution < 1.29 is 14.3 Å². The van der Waals surface area contributed by atoms with E-state index < -0.39 is 0 Å². The molecule has 5 nitrogen and oxygen atoms in total. The van der Waals surface area contributed by atoms with Gasteiger partial charge in [0.1, 0.15) is 0 Å². The van der Waals surface area contributed by atoms with Gasteiger partial charge >= 0.3 is 0 Å². The molecule has 1 aromatic carbocycles. The Kier molecular flexibility index (Phi) is 5.24. The van der Waals surface area contributed by atoms with E-state index in [9.17, 15) is 4.79 Å². The van der Waals surface area contributed by atoms with Crippen LogP contribution in [0.15, 0.2) is 24.3 Å². The van der Waals surface area contributed by atoms with Crippen LogP contribution in [0.1, 0.15) is 13.3 Å². The minimum Gasteiger partial charge on any atom is -0.490 e. The Morgan fingerprint density at radius 2 is 2.05 bits per heavy atom. The molecule has 1 heterocycles. The molecule has 1 amide bonds. The Labute approximate surface area is 119 Å². The molecule has 1 aromatic rings. The van der Waals surface area contributed by atoms with Crippen molar-refractivity contribution in [1.29, 1.82) is 0 Å². The first-order valence-electron chi connectivity index (χ1n) is 7.03. The predicted molar refractivity (Wildman–Crippen MR) is 77.2 cm³/mol. The zero-order valence-electron chi connectivity index (χ0n) is 12.1. The van der Waals surface area contributed by atoms with E-state index >= 15 is 0 Å². The first-order chi connectivity index (χ1) is 9.72. The Balaban J connectivity index is 1.89. The van der Waals surface area contributed by atoms with E-state index in [0.29, 0.717) is 18.1 Å². The summed E-state index contributed by atoms with van der Waals surface area (Å²) in [5.41, 5.74) is 0. The predicted octanol–water partition coefficient (Wildman–Crippen LogP) is 1.28. The fourth-order valence-corrected chi connectivity index (χ4v) is 2.26. The van der Waals surface area contributed by atoms with Crippen LogP contribution in [0.4, 0.5) is 0 Å². The molecule has 0 spiro atoms. The number of ether oxygens (including phenoxy) is 2. The average molecular weight is 278 g/mol. The van der Waals surface area contributed by atoms with E-state index in [1.54, 1.807) is 4.90 Å². The molecule has 1 saturated heterocycles. The van der Waals surface area contributed by atoms with Crippen LogP contribution in [0.5, 0.6) is 11.5 Å². The zero-order valence-corrected chi connectivity index (χ0v) is 12.1. The first-order valence-corrected chi connectivity index (χ1v) is 7.03. The average Bonchev–Trinajstić information content (AvgIpc) is 2.99. The summed E-state index contributed by atoms with van der Waals surface area (Å²) in [5, 5.41) is 3.25. The van der Waals surface area contributed by atoms with Crippen molar-refractivity contribution in [3.05, 3.63) is 24.3 Å². The monoisotopic (exact) mass is 278 g/mol. The third-order valence-corrected chi connectivity index (χ3v) is 3.48. The van der Waals surface area contributed by atoms with Gasteiger partial charge < -0.3 is 19.7 Å². The fourth-order valence-electron chi connectivity index (χ4n) is 2.26. The molecule has 1 unspecified atom stereocenters. The lowest BCUT2D eigenvalue weighted by Gasteiger charge is -2.24. The van der Waals surface area contributed by atoms with Gasteiger partial charge in [-0.2, -0.15) is 0 Å². The van der Waals surface area contributed by atoms with Gasteiger partial charge in [0.15, 0.2) is 18.1 Å². The highest BCUT2D eigenvalue weighted by atomic mass is 16.5. The molecule has 0 aliphatic carbocycles. The molecular formula is C15H22N2O3. The second-order valence-corrected chi connectivity index (χ2v) is 4.82. The Hall–Kier alpha value is -1.75. The maximum atomic E-state index is 12.1. The van der Waals surface area contributed by atoms with E-state index in [-0.39, 0.29) is 18.6 Å². The second-order valence-electron chi connectivity index (χ2n) is 4.82. The topological polar surface area (TPSA) is 50.8 Å². The molecule has 20 heavy (non-hydrogen) atoms. The number of nitrogens with one attached hydrogen (secondary N) is 1. The largest absolute Gasteiger partial charge is 0.490 e. The van der Waals surface area contributed by atoms with Crippen LogP contribution < -0.4 is 14.8 Å². The van der Waals surface area contributed by atoms with Crippen LogP contribution in [-0.2, 0) is 4.79 Å². The highest BCUT2D eigenvalue weighted by molar-refractivity contribution is 5.78. The van der Waals surface area contributed by atoms with Crippen LogP contribution in [0, 0.1) is 0 Å². The molecule has 1 aliphatic heterocycles. The normalized spacial score (nSPS) is 17.8. The summed E-state index contributed by atoms with van der Waals surface area (Å²) in [7, 11) is 1.83. The highest BCUT2D eigenvalue weighted by Crippen LogP contribution is 2.26. The summed E-state index contributed by atoms with van der Waals surface area (Å²) in [6, 6.07) is 7.68. The van der Waals surface area contributed by atoms with Crippen LogP contribution in [0.3, 0.4) is 0 Å². The smallest absolute Gasteiger partial charge is 0.260 e. The van der Waals surface area contributed by atoms with Gasteiger partial charge in [-0.25, -0.2) is 0 Å². The van der Waals surface area contributed by atoms with Gasteiger partial charge in [0.05, 0.1) is 6.61 Å². The summed E-state index contributed by atoms with van der Waals surface area (Å²) >= 11 is 0. The number of benzene rings is 1. The molecule has 5 heteroatoms. The second kappa shape index (κ2) is 7.14. The lowest BCUT2D eigenvalue weighted by atomic mass is 10.2. The number of carbonyl (C=O) groups excluding carboxylic acids is 1. The summed E-state index contributed by atoms with van der Waals surface area (Å²) in [6.07, 6.45) is 0.998. The van der Waals surface area contributed by atoms with Crippen molar-refractivity contribution in [2.24, 2.45) is 0 Å². The summed E-state index contributed by atoms with van der Waals surface area (Å²) in [6.45, 7) is 4.36. The Morgan fingerprint density at radius 1 is 1.35 bits per heavy atom. The number of likely N-dealkylation sites (N-methyl/N-ethyl adjacent to an activating group) is 1. The lowest BCUT2D eigenvalue weighted by molar-refractivity contribution is -0.133. The molecule has 1 aliphatic rings. The van der Waals surface area contributed by atoms with Gasteiger partial charge in [0.25, 0.3) is 5.91 Å². The summed E-state index contributed by atoms with van der Waals surface area (Å²) in [5.74, 6) is 1.28. The molecule has 0 bridgehead atoms. The zero-order chi connectivity index (χ0) is 14.4. The molecule has 1 fully saturated rings. The Bertz CT molecular complexity index is 444. The van der Waals surface area contributed by atoms with Crippen molar-refractivity contribution in [2.45, 2.75) is 19.4 Å². The van der Waals surface area contributed by atoms with Gasteiger partial charge in [-0.05, 0) is 32.0 Å². The molecule has 0 radical (unpaired) electrons. The fraction of sp³-hybridized carbons (Fsp3) is 0.533. The Morgan fingerprint density at radius 3 is 2.65 bits per heavy atom. The highest BCUT2D eigenvalue weighted by Gasteiger charge is 2.23. The van der Waals surface area contributed by atoms with Crippen molar-refractivity contribution in [2.75, 3.05) is 33.4 Å². The molecular weight excluding hydrogens is 256 g/mol. The van der Waals surface area contributed by atoms with Gasteiger partial charge in [-0.1, -0.05) is 12.1 Å². The number of nitrogens with zero attached hydrogens (tertiary/aromatic N) is 1. The quantitative estimate of drug-likeness (QED) is 0.852. The van der Waals surface area contributed by atoms with Crippen LogP contribution in [0.25, 0.3) is 0 Å². The van der Waals surface area contributed by atoms with E-state index in [1.807, 2.05) is 38.2 Å². The van der Waals surface area contributed by atoms with Crippen molar-refractivity contribution >= 4 is 5.91 Å². The van der Waals surface area contributed by atoms with Gasteiger partial charge in [-0.15, -0.1) is 0 Å². The van der Waals surface area contributed by atoms with E-state index in [1.165, 1.54) is 0 Å². The molecule has 2 rings (SSSR count). The van der Waals surface area contributed by atoms with Crippen LogP contribution in [0.2, 0.25) is 0 Å². The van der Waals surface area contributed by atoms with Gasteiger partial charge in [0.2, 0.25) is 0 Å². The maximum absolute atomic E-state index is 12.1. The van der Waals surface area contributed by atoms with Crippen molar-refractivity contribution in [3.8, 4) is 11.5 Å². The minimum absolute atomic E-state index is 0.00926. The first kappa shape index (κ1) is 14.7. The number of carbonyl (C=O) groups is 1. The van der Waals surface area contributed by atoms with E-state index in [0.717, 1.165) is 19.5 Å². The molecule has 1 N–H and O–H groups in total. The summed E-state index contributed by atoms with van der Waals surface area (Å²) < 4.78 is 11.1. The number of rotatable bonds is 6. The number of para-hydroxylation sites is 2. The summed E-state index contributed by atoms with van der Waals surface area (Å²) in [4.78, 5) is 13.9. The maximum Gasteiger partial charge on any atom is 0.260 e. The van der Waals surface area contributed by atoms with Crippen molar-refractivity contribution in [3.63, 3.8) is 0 Å². The number of hydrogen-bond acceptors (Lipinski definition) is 4. The van der Waals surface area contributed by atoms with Crippen molar-refractivity contribution in [1.82, 2.24) is 10.2 Å². The van der Waals surface area contributed by atoms with Gasteiger partial charge in [-0.3, -0.25) is 4.79 Å². The molecule has 0 saturated carbocycles. The standard InChI is InChI=1S/C15H22N2O3/c1-3-19-13-6-4-5-7-14(13)20-11-15(18)17(2)12-8-9-16-10-12/h4-7,12,16H,3,8-11H2,1-2H3. The minimum atomic E-state index is -0.00926. The lowest BCUT2D eigenvalue weighted by Crippen LogP contribution is -2.40. The van der Waals surface area contributed by atoms with E-state index in [4.69, 9.17) is 9.47 Å². The van der Waals surface area contributed by atoms with Gasteiger partial charge in [0, 0.05) is 19.6 Å². The number of amides is 1. The van der Waals surface area contributed by atoms with E-state index in [2.05, 4.69) is 5.32 Å². The molecule has 1 atom stereocenters. The van der Waals surface area contributed by atoms with Crippen LogP contribution in [-0.4, -0.2) is 50.2 Å². The third kappa shape index (κ3) is 3.63.